The summed E-state index contributed by atoms with van der Waals surface area (Å²) in [5.74, 6) is -0.399. The van der Waals surface area contributed by atoms with Gasteiger partial charge in [0.25, 0.3) is 0 Å². The topological polar surface area (TPSA) is 76.2 Å². The van der Waals surface area contributed by atoms with Gasteiger partial charge in [0.15, 0.2) is 0 Å². The van der Waals surface area contributed by atoms with Gasteiger partial charge in [0.1, 0.15) is 0 Å². The predicted octanol–water partition coefficient (Wildman–Crippen LogP) is 3.05. The summed E-state index contributed by atoms with van der Waals surface area (Å²) in [5.41, 5.74) is 7.58. The van der Waals surface area contributed by atoms with Gasteiger partial charge in [0.05, 0.1) is 5.92 Å². The fraction of sp³-hybridized carbons (Fsp3) is 0.600. The molecular weight excluding hydrogens is 240 g/mol. The molecule has 1 heterocycles. The number of nitrogen functional groups attached to an aromatic ring is 1. The van der Waals surface area contributed by atoms with Crippen molar-refractivity contribution in [3.05, 3.63) is 24.0 Å². The van der Waals surface area contributed by atoms with Crippen LogP contribution in [0.1, 0.15) is 50.5 Å². The standard InChI is InChI=1S/C15H22N2O2/c1-2-3-10-4-5-11(15(18)19)12(8-10)13-9-17-7-6-14(13)16/h6-7,9-12H,2-5,8H2,1H3,(H2,16,17)(H,18,19). The monoisotopic (exact) mass is 262 g/mol. The molecule has 0 saturated heterocycles. The van der Waals surface area contributed by atoms with E-state index in [-0.39, 0.29) is 11.8 Å². The van der Waals surface area contributed by atoms with Gasteiger partial charge >= 0.3 is 5.97 Å². The van der Waals surface area contributed by atoms with Crippen LogP contribution in [0.5, 0.6) is 0 Å². The van der Waals surface area contributed by atoms with Gasteiger partial charge < -0.3 is 10.8 Å². The molecule has 0 aliphatic heterocycles. The smallest absolute Gasteiger partial charge is 0.307 e. The van der Waals surface area contributed by atoms with Crippen LogP contribution in [0.4, 0.5) is 5.69 Å². The zero-order valence-electron chi connectivity index (χ0n) is 11.4. The highest BCUT2D eigenvalue weighted by molar-refractivity contribution is 5.72. The van der Waals surface area contributed by atoms with E-state index in [4.69, 9.17) is 5.73 Å². The number of anilines is 1. The molecule has 3 N–H and O–H groups in total. The molecule has 1 fully saturated rings. The molecule has 104 valence electrons. The van der Waals surface area contributed by atoms with E-state index < -0.39 is 5.97 Å². The number of aromatic nitrogens is 1. The van der Waals surface area contributed by atoms with Gasteiger partial charge in [-0.2, -0.15) is 0 Å². The number of carboxylic acid groups (broad SMARTS) is 1. The highest BCUT2D eigenvalue weighted by atomic mass is 16.4. The maximum Gasteiger partial charge on any atom is 0.307 e. The molecule has 2 rings (SSSR count). The van der Waals surface area contributed by atoms with Crippen molar-refractivity contribution in [2.75, 3.05) is 5.73 Å². The molecule has 1 aliphatic carbocycles. The van der Waals surface area contributed by atoms with Gasteiger partial charge in [-0.1, -0.05) is 19.8 Å². The number of aliphatic carboxylic acids is 1. The van der Waals surface area contributed by atoms with E-state index in [0.717, 1.165) is 31.2 Å². The summed E-state index contributed by atoms with van der Waals surface area (Å²) in [6, 6.07) is 1.76. The summed E-state index contributed by atoms with van der Waals surface area (Å²) in [4.78, 5) is 15.6. The van der Waals surface area contributed by atoms with Crippen LogP contribution >= 0.6 is 0 Å². The van der Waals surface area contributed by atoms with Gasteiger partial charge in [-0.05, 0) is 36.8 Å². The van der Waals surface area contributed by atoms with Gasteiger partial charge in [-0.25, -0.2) is 0 Å². The van der Waals surface area contributed by atoms with E-state index in [1.165, 1.54) is 6.42 Å². The lowest BCUT2D eigenvalue weighted by Gasteiger charge is -2.34. The summed E-state index contributed by atoms with van der Waals surface area (Å²) in [6.07, 6.45) is 8.40. The lowest BCUT2D eigenvalue weighted by atomic mass is 9.70. The van der Waals surface area contributed by atoms with E-state index in [0.29, 0.717) is 11.6 Å². The number of carbonyl (C=O) groups is 1. The Morgan fingerprint density at radius 3 is 2.95 bits per heavy atom. The highest BCUT2D eigenvalue weighted by Gasteiger charge is 2.36. The van der Waals surface area contributed by atoms with Crippen molar-refractivity contribution in [1.29, 1.82) is 0 Å². The molecule has 19 heavy (non-hydrogen) atoms. The van der Waals surface area contributed by atoms with Crippen LogP contribution < -0.4 is 5.73 Å². The fourth-order valence-corrected chi connectivity index (χ4v) is 3.29. The van der Waals surface area contributed by atoms with Crippen molar-refractivity contribution in [1.82, 2.24) is 4.98 Å². The largest absolute Gasteiger partial charge is 0.481 e. The number of pyridine rings is 1. The Kier molecular flexibility index (Phi) is 4.40. The van der Waals surface area contributed by atoms with Crippen LogP contribution in [-0.2, 0) is 4.79 Å². The zero-order valence-corrected chi connectivity index (χ0v) is 11.4. The summed E-state index contributed by atoms with van der Waals surface area (Å²) in [7, 11) is 0. The minimum Gasteiger partial charge on any atom is -0.481 e. The summed E-state index contributed by atoms with van der Waals surface area (Å²) in [5, 5.41) is 9.42. The lowest BCUT2D eigenvalue weighted by molar-refractivity contribution is -0.143. The quantitative estimate of drug-likeness (QED) is 0.874. The van der Waals surface area contributed by atoms with Gasteiger partial charge in [0, 0.05) is 24.0 Å². The van der Waals surface area contributed by atoms with Crippen molar-refractivity contribution >= 4 is 11.7 Å². The van der Waals surface area contributed by atoms with Crippen LogP contribution in [0.25, 0.3) is 0 Å². The van der Waals surface area contributed by atoms with E-state index >= 15 is 0 Å². The third-order valence-corrected chi connectivity index (χ3v) is 4.26. The average Bonchev–Trinajstić information content (AvgIpc) is 2.39. The predicted molar refractivity (Wildman–Crippen MR) is 74.8 cm³/mol. The third kappa shape index (κ3) is 3.06. The zero-order chi connectivity index (χ0) is 13.8. The minimum absolute atomic E-state index is 0.0106. The van der Waals surface area contributed by atoms with E-state index in [1.54, 1.807) is 18.5 Å². The first-order valence-electron chi connectivity index (χ1n) is 7.05. The number of nitrogens with two attached hydrogens (primary N) is 1. The third-order valence-electron chi connectivity index (χ3n) is 4.26. The molecule has 4 heteroatoms. The molecule has 3 atom stereocenters. The summed E-state index contributed by atoms with van der Waals surface area (Å²) in [6.45, 7) is 2.18. The summed E-state index contributed by atoms with van der Waals surface area (Å²) >= 11 is 0. The first-order chi connectivity index (χ1) is 9.13. The molecule has 4 nitrogen and oxygen atoms in total. The second-order valence-corrected chi connectivity index (χ2v) is 5.52. The maximum absolute atomic E-state index is 11.5. The fourth-order valence-electron chi connectivity index (χ4n) is 3.29. The SMILES string of the molecule is CCCC1CCC(C(=O)O)C(c2cnccc2N)C1. The Bertz CT molecular complexity index is 448. The minimum atomic E-state index is -0.705. The molecule has 3 unspecified atom stereocenters. The van der Waals surface area contributed by atoms with Crippen molar-refractivity contribution in [2.45, 2.75) is 44.9 Å². The normalized spacial score (nSPS) is 27.1. The molecule has 0 amide bonds. The van der Waals surface area contributed by atoms with Crippen LogP contribution in [0.15, 0.2) is 18.5 Å². The lowest BCUT2D eigenvalue weighted by Crippen LogP contribution is -2.29. The second kappa shape index (κ2) is 6.04. The van der Waals surface area contributed by atoms with E-state index in [1.807, 2.05) is 0 Å². The molecular formula is C15H22N2O2. The van der Waals surface area contributed by atoms with Crippen molar-refractivity contribution < 1.29 is 9.90 Å². The number of nitrogens with zero attached hydrogens (tertiary/aromatic N) is 1. The van der Waals surface area contributed by atoms with Crippen molar-refractivity contribution in [2.24, 2.45) is 11.8 Å². The Balaban J connectivity index is 2.25. The van der Waals surface area contributed by atoms with Gasteiger partial charge in [-0.15, -0.1) is 0 Å². The number of carboxylic acids is 1. The van der Waals surface area contributed by atoms with Crippen molar-refractivity contribution in [3.8, 4) is 0 Å². The molecule has 0 aromatic carbocycles. The Morgan fingerprint density at radius 1 is 1.53 bits per heavy atom. The summed E-state index contributed by atoms with van der Waals surface area (Å²) < 4.78 is 0. The molecule has 1 aromatic heterocycles. The molecule has 0 bridgehead atoms. The first-order valence-corrected chi connectivity index (χ1v) is 7.05. The number of hydrogen-bond donors (Lipinski definition) is 2. The first kappa shape index (κ1) is 13.8. The van der Waals surface area contributed by atoms with Crippen LogP contribution in [0, 0.1) is 11.8 Å². The van der Waals surface area contributed by atoms with Gasteiger partial charge in [-0.3, -0.25) is 9.78 Å². The molecule has 1 aromatic rings. The van der Waals surface area contributed by atoms with Crippen LogP contribution in [-0.4, -0.2) is 16.1 Å². The van der Waals surface area contributed by atoms with Crippen LogP contribution in [0.2, 0.25) is 0 Å². The number of hydrogen-bond acceptors (Lipinski definition) is 3. The van der Waals surface area contributed by atoms with Crippen molar-refractivity contribution in [3.63, 3.8) is 0 Å². The Morgan fingerprint density at radius 2 is 2.32 bits per heavy atom. The van der Waals surface area contributed by atoms with Gasteiger partial charge in [0.2, 0.25) is 0 Å². The van der Waals surface area contributed by atoms with Crippen LogP contribution in [0.3, 0.4) is 0 Å². The number of rotatable bonds is 4. The Hall–Kier alpha value is -1.58. The maximum atomic E-state index is 11.5. The molecule has 0 radical (unpaired) electrons. The Labute approximate surface area is 114 Å². The molecule has 0 spiro atoms. The van der Waals surface area contributed by atoms with E-state index in [2.05, 4.69) is 11.9 Å². The molecule has 1 saturated carbocycles. The average molecular weight is 262 g/mol. The highest BCUT2D eigenvalue weighted by Crippen LogP contribution is 2.43. The van der Waals surface area contributed by atoms with E-state index in [9.17, 15) is 9.90 Å². The molecule has 1 aliphatic rings. The second-order valence-electron chi connectivity index (χ2n) is 5.52.